The lowest BCUT2D eigenvalue weighted by Crippen LogP contribution is -2.23. The van der Waals surface area contributed by atoms with Crippen LogP contribution < -0.4 is 10.1 Å². The molecule has 0 heterocycles. The van der Waals surface area contributed by atoms with Gasteiger partial charge in [-0.3, -0.25) is 0 Å². The van der Waals surface area contributed by atoms with E-state index in [2.05, 4.69) is 47.2 Å². The minimum Gasteiger partial charge on any atom is -0.494 e. The molecule has 0 radical (unpaired) electrons. The molecule has 0 aromatic heterocycles. The largest absolute Gasteiger partial charge is 0.494 e. The van der Waals surface area contributed by atoms with Crippen molar-refractivity contribution in [1.29, 1.82) is 0 Å². The molecule has 0 saturated carbocycles. The van der Waals surface area contributed by atoms with Crippen LogP contribution in [0.25, 0.3) is 0 Å². The Kier molecular flexibility index (Phi) is 5.71. The molecule has 1 aromatic rings. The fourth-order valence-electron chi connectivity index (χ4n) is 2.86. The van der Waals surface area contributed by atoms with E-state index in [1.54, 1.807) is 0 Å². The molecule has 0 aliphatic heterocycles. The molecule has 1 aliphatic carbocycles. The number of nitrogens with one attached hydrogen (secondary N) is 1. The summed E-state index contributed by atoms with van der Waals surface area (Å²) in [6.07, 6.45) is 6.08. The molecule has 2 rings (SSSR count). The lowest BCUT2D eigenvalue weighted by Gasteiger charge is -2.22. The van der Waals surface area contributed by atoms with E-state index < -0.39 is 0 Å². The third kappa shape index (κ3) is 3.51. The van der Waals surface area contributed by atoms with Crippen molar-refractivity contribution in [2.75, 3.05) is 13.2 Å². The molecule has 3 heteroatoms. The maximum Gasteiger partial charge on any atom is 0.122 e. The Morgan fingerprint density at radius 1 is 1.32 bits per heavy atom. The van der Waals surface area contributed by atoms with E-state index in [-0.39, 0.29) is 0 Å². The van der Waals surface area contributed by atoms with Gasteiger partial charge in [0.25, 0.3) is 0 Å². The second-order valence-electron chi connectivity index (χ2n) is 5.12. The maximum atomic E-state index is 5.82. The summed E-state index contributed by atoms with van der Waals surface area (Å²) in [4.78, 5) is 0. The van der Waals surface area contributed by atoms with Crippen molar-refractivity contribution in [3.8, 4) is 5.75 Å². The molecule has 0 spiro atoms. The minimum atomic E-state index is 0.465. The van der Waals surface area contributed by atoms with Gasteiger partial charge >= 0.3 is 0 Å². The Labute approximate surface area is 125 Å². The van der Waals surface area contributed by atoms with Crippen LogP contribution in [-0.2, 0) is 6.42 Å². The van der Waals surface area contributed by atoms with Crippen LogP contribution in [0.15, 0.2) is 16.6 Å². The summed E-state index contributed by atoms with van der Waals surface area (Å²) in [5.74, 6) is 1.07. The molecule has 19 heavy (non-hydrogen) atoms. The van der Waals surface area contributed by atoms with Crippen LogP contribution in [0.3, 0.4) is 0 Å². The second-order valence-corrected chi connectivity index (χ2v) is 5.98. The molecule has 2 nitrogen and oxygen atoms in total. The Balaban J connectivity index is 2.37. The molecule has 0 amide bonds. The lowest BCUT2D eigenvalue weighted by molar-refractivity contribution is 0.335. The molecule has 106 valence electrons. The third-order valence-electron chi connectivity index (χ3n) is 3.72. The highest BCUT2D eigenvalue weighted by atomic mass is 79.9. The standard InChI is InChI=1S/C16H24BrNO/c1-3-11-18-14-8-6-5-7-12-15(19-4-2)10-9-13(17)16(12)14/h9-10,14,18H,3-8,11H2,1-2H3. The van der Waals surface area contributed by atoms with E-state index in [0.717, 1.165) is 25.3 Å². The first-order valence-corrected chi connectivity index (χ1v) is 8.24. The first kappa shape index (κ1) is 14.9. The van der Waals surface area contributed by atoms with Gasteiger partial charge in [0.1, 0.15) is 5.75 Å². The SMILES string of the molecule is CCCNC1CCCCc2c(OCC)ccc(Br)c21. The predicted octanol–water partition coefficient (Wildman–Crippen LogP) is 4.61. The number of hydrogen-bond acceptors (Lipinski definition) is 2. The van der Waals surface area contributed by atoms with E-state index >= 15 is 0 Å². The van der Waals surface area contributed by atoms with Gasteiger partial charge in [-0.15, -0.1) is 0 Å². The summed E-state index contributed by atoms with van der Waals surface area (Å²) in [5.41, 5.74) is 2.83. The Bertz CT molecular complexity index is 419. The summed E-state index contributed by atoms with van der Waals surface area (Å²) < 4.78 is 7.04. The summed E-state index contributed by atoms with van der Waals surface area (Å²) >= 11 is 3.74. The second kappa shape index (κ2) is 7.30. The van der Waals surface area contributed by atoms with Crippen LogP contribution in [0.1, 0.15) is 56.7 Å². The van der Waals surface area contributed by atoms with E-state index in [1.165, 1.54) is 41.3 Å². The van der Waals surface area contributed by atoms with Gasteiger partial charge in [0.05, 0.1) is 6.61 Å². The van der Waals surface area contributed by atoms with Crippen LogP contribution in [0.5, 0.6) is 5.75 Å². The number of rotatable bonds is 5. The van der Waals surface area contributed by atoms with Crippen molar-refractivity contribution < 1.29 is 4.74 Å². The minimum absolute atomic E-state index is 0.465. The fourth-order valence-corrected chi connectivity index (χ4v) is 3.51. The molecule has 0 fully saturated rings. The normalized spacial score (nSPS) is 18.8. The van der Waals surface area contributed by atoms with Crippen molar-refractivity contribution in [2.24, 2.45) is 0 Å². The molecule has 1 N–H and O–H groups in total. The van der Waals surface area contributed by atoms with Gasteiger partial charge in [0.2, 0.25) is 0 Å². The highest BCUT2D eigenvalue weighted by Crippen LogP contribution is 2.39. The van der Waals surface area contributed by atoms with Crippen LogP contribution in [0.4, 0.5) is 0 Å². The van der Waals surface area contributed by atoms with Gasteiger partial charge in [-0.1, -0.05) is 29.3 Å². The number of fused-ring (bicyclic) bond motifs is 1. The van der Waals surface area contributed by atoms with Crippen molar-refractivity contribution in [3.63, 3.8) is 0 Å². The number of halogens is 1. The number of benzene rings is 1. The van der Waals surface area contributed by atoms with Crippen LogP contribution in [0, 0.1) is 0 Å². The number of hydrogen-bond donors (Lipinski definition) is 1. The van der Waals surface area contributed by atoms with Crippen molar-refractivity contribution >= 4 is 15.9 Å². The summed E-state index contributed by atoms with van der Waals surface area (Å²) in [5, 5.41) is 3.69. The zero-order chi connectivity index (χ0) is 13.7. The van der Waals surface area contributed by atoms with E-state index in [4.69, 9.17) is 4.74 Å². The topological polar surface area (TPSA) is 21.3 Å². The molecule has 1 atom stereocenters. The Morgan fingerprint density at radius 2 is 2.16 bits per heavy atom. The quantitative estimate of drug-likeness (QED) is 0.798. The average Bonchev–Trinajstić information content (AvgIpc) is 2.63. The molecule has 1 aromatic carbocycles. The van der Waals surface area contributed by atoms with E-state index in [0.29, 0.717) is 6.04 Å². The lowest BCUT2D eigenvalue weighted by atomic mass is 9.98. The fraction of sp³-hybridized carbons (Fsp3) is 0.625. The molecule has 0 saturated heterocycles. The molecular weight excluding hydrogens is 302 g/mol. The number of ether oxygens (including phenoxy) is 1. The summed E-state index contributed by atoms with van der Waals surface area (Å²) in [6, 6.07) is 4.71. The van der Waals surface area contributed by atoms with Crippen molar-refractivity contribution in [2.45, 2.75) is 52.0 Å². The van der Waals surface area contributed by atoms with Crippen LogP contribution >= 0.6 is 15.9 Å². The van der Waals surface area contributed by atoms with E-state index in [9.17, 15) is 0 Å². The Morgan fingerprint density at radius 3 is 2.89 bits per heavy atom. The van der Waals surface area contributed by atoms with Gasteiger partial charge in [-0.25, -0.2) is 0 Å². The Hall–Kier alpha value is -0.540. The van der Waals surface area contributed by atoms with Gasteiger partial charge in [-0.2, -0.15) is 0 Å². The monoisotopic (exact) mass is 325 g/mol. The zero-order valence-electron chi connectivity index (χ0n) is 12.0. The van der Waals surface area contributed by atoms with Gasteiger partial charge in [0, 0.05) is 16.1 Å². The van der Waals surface area contributed by atoms with Gasteiger partial charge in [-0.05, 0) is 56.8 Å². The van der Waals surface area contributed by atoms with Gasteiger partial charge < -0.3 is 10.1 Å². The highest BCUT2D eigenvalue weighted by molar-refractivity contribution is 9.10. The molecular formula is C16H24BrNO. The predicted molar refractivity (Wildman–Crippen MR) is 83.9 cm³/mol. The van der Waals surface area contributed by atoms with Crippen LogP contribution in [-0.4, -0.2) is 13.2 Å². The smallest absolute Gasteiger partial charge is 0.122 e. The maximum absolute atomic E-state index is 5.82. The molecule has 1 aliphatic rings. The van der Waals surface area contributed by atoms with E-state index in [1.807, 2.05) is 0 Å². The highest BCUT2D eigenvalue weighted by Gasteiger charge is 2.23. The third-order valence-corrected chi connectivity index (χ3v) is 4.41. The molecule has 1 unspecified atom stereocenters. The summed E-state index contributed by atoms with van der Waals surface area (Å²) in [6.45, 7) is 6.09. The first-order chi connectivity index (χ1) is 9.27. The molecule has 0 bridgehead atoms. The van der Waals surface area contributed by atoms with Crippen molar-refractivity contribution in [1.82, 2.24) is 5.32 Å². The first-order valence-electron chi connectivity index (χ1n) is 7.45. The zero-order valence-corrected chi connectivity index (χ0v) is 13.6. The van der Waals surface area contributed by atoms with Gasteiger partial charge in [0.15, 0.2) is 0 Å². The van der Waals surface area contributed by atoms with Crippen LogP contribution in [0.2, 0.25) is 0 Å². The van der Waals surface area contributed by atoms with Crippen molar-refractivity contribution in [3.05, 3.63) is 27.7 Å². The average molecular weight is 326 g/mol. The summed E-state index contributed by atoms with van der Waals surface area (Å²) in [7, 11) is 0.